The van der Waals surface area contributed by atoms with Gasteiger partial charge < -0.3 is 0 Å². The summed E-state index contributed by atoms with van der Waals surface area (Å²) in [6.45, 7) is 1.64. The number of H-pyrrole nitrogens is 1. The quantitative estimate of drug-likeness (QED) is 0.897. The van der Waals surface area contributed by atoms with Gasteiger partial charge in [0, 0.05) is 0 Å². The Labute approximate surface area is 137 Å². The van der Waals surface area contributed by atoms with Crippen LogP contribution in [0, 0.1) is 18.6 Å². The molecule has 1 aromatic heterocycles. The molecule has 1 aromatic carbocycles. The fourth-order valence-electron chi connectivity index (χ4n) is 3.22. The summed E-state index contributed by atoms with van der Waals surface area (Å²) in [5.74, 6) is -1.98. The Morgan fingerprint density at radius 2 is 1.71 bits per heavy atom. The largest absolute Gasteiger partial charge is 0.272 e. The normalized spacial score (nSPS) is 17.8. The van der Waals surface area contributed by atoms with E-state index in [-0.39, 0.29) is 23.0 Å². The van der Waals surface area contributed by atoms with E-state index in [4.69, 9.17) is 0 Å². The highest BCUT2D eigenvalue weighted by molar-refractivity contribution is 7.91. The summed E-state index contributed by atoms with van der Waals surface area (Å²) in [6, 6.07) is 3.40. The van der Waals surface area contributed by atoms with E-state index in [1.807, 2.05) is 0 Å². The molecule has 0 bridgehead atoms. The first-order chi connectivity index (χ1) is 11.3. The van der Waals surface area contributed by atoms with E-state index in [0.717, 1.165) is 12.1 Å². The predicted octanol–water partition coefficient (Wildman–Crippen LogP) is 2.32. The molecule has 1 aliphatic heterocycles. The lowest BCUT2D eigenvalue weighted by atomic mass is 9.86. The van der Waals surface area contributed by atoms with Gasteiger partial charge in [0.05, 0.1) is 28.3 Å². The van der Waals surface area contributed by atoms with E-state index in [2.05, 4.69) is 10.2 Å². The minimum Gasteiger partial charge on any atom is -0.267 e. The highest BCUT2D eigenvalue weighted by Crippen LogP contribution is 2.37. The predicted molar refractivity (Wildman–Crippen MR) is 85.6 cm³/mol. The van der Waals surface area contributed by atoms with Crippen LogP contribution in [0.1, 0.15) is 30.0 Å². The summed E-state index contributed by atoms with van der Waals surface area (Å²) in [5.41, 5.74) is -0.308. The van der Waals surface area contributed by atoms with E-state index in [9.17, 15) is 22.0 Å². The van der Waals surface area contributed by atoms with Gasteiger partial charge in [-0.1, -0.05) is 6.07 Å². The van der Waals surface area contributed by atoms with Gasteiger partial charge in [0.25, 0.3) is 5.56 Å². The van der Waals surface area contributed by atoms with Crippen molar-refractivity contribution in [1.82, 2.24) is 10.2 Å². The fourth-order valence-corrected chi connectivity index (χ4v) is 4.71. The molecular formula is C16H16F2N2O3S. The topological polar surface area (TPSA) is 79.9 Å². The van der Waals surface area contributed by atoms with Crippen molar-refractivity contribution in [3.63, 3.8) is 0 Å². The molecule has 2 aromatic rings. The molecule has 2 heterocycles. The van der Waals surface area contributed by atoms with Gasteiger partial charge in [-0.2, -0.15) is 5.10 Å². The summed E-state index contributed by atoms with van der Waals surface area (Å²) >= 11 is 0. The Balaban J connectivity index is 2.21. The van der Waals surface area contributed by atoms with E-state index in [1.54, 1.807) is 6.92 Å². The van der Waals surface area contributed by atoms with Crippen molar-refractivity contribution in [3.8, 4) is 11.1 Å². The lowest BCUT2D eigenvalue weighted by Gasteiger charge is -2.25. The lowest BCUT2D eigenvalue weighted by molar-refractivity contribution is 0.546. The number of rotatable bonds is 2. The van der Waals surface area contributed by atoms with Gasteiger partial charge in [0.1, 0.15) is 21.5 Å². The first-order valence-corrected chi connectivity index (χ1v) is 9.36. The Morgan fingerprint density at radius 1 is 1.12 bits per heavy atom. The maximum atomic E-state index is 14.2. The third kappa shape index (κ3) is 2.98. The molecule has 0 saturated carbocycles. The standard InChI is InChI=1S/C16H16F2N2O3S/c1-9-13(10-5-7-24(22,23)8-6-10)15(16(21)20-19-9)14-11(17)3-2-4-12(14)18/h2-4,10H,5-8H2,1H3,(H,20,21). The molecule has 0 radical (unpaired) electrons. The highest BCUT2D eigenvalue weighted by atomic mass is 32.2. The molecule has 1 aliphatic rings. The van der Waals surface area contributed by atoms with Gasteiger partial charge in [-0.3, -0.25) is 4.79 Å². The van der Waals surface area contributed by atoms with E-state index < -0.39 is 32.6 Å². The van der Waals surface area contributed by atoms with Crippen LogP contribution in [0.25, 0.3) is 11.1 Å². The molecule has 1 saturated heterocycles. The summed E-state index contributed by atoms with van der Waals surface area (Å²) in [5, 5.41) is 6.16. The van der Waals surface area contributed by atoms with E-state index >= 15 is 0 Å². The number of sulfone groups is 1. The molecule has 0 unspecified atom stereocenters. The smallest absolute Gasteiger partial charge is 0.267 e. The average Bonchev–Trinajstić information content (AvgIpc) is 2.51. The second-order valence-electron chi connectivity index (χ2n) is 5.95. The van der Waals surface area contributed by atoms with Crippen molar-refractivity contribution in [2.75, 3.05) is 11.5 Å². The number of hydrogen-bond acceptors (Lipinski definition) is 4. The molecule has 24 heavy (non-hydrogen) atoms. The van der Waals surface area contributed by atoms with Crippen molar-refractivity contribution in [2.45, 2.75) is 25.7 Å². The molecule has 1 fully saturated rings. The minimum absolute atomic E-state index is 0.0108. The van der Waals surface area contributed by atoms with Crippen molar-refractivity contribution in [2.24, 2.45) is 0 Å². The van der Waals surface area contributed by atoms with Crippen LogP contribution < -0.4 is 5.56 Å². The average molecular weight is 354 g/mol. The first-order valence-electron chi connectivity index (χ1n) is 7.54. The molecule has 128 valence electrons. The summed E-state index contributed by atoms with van der Waals surface area (Å²) in [6.07, 6.45) is 0.606. The summed E-state index contributed by atoms with van der Waals surface area (Å²) in [4.78, 5) is 12.3. The van der Waals surface area contributed by atoms with Crippen LogP contribution in [0.5, 0.6) is 0 Å². The van der Waals surface area contributed by atoms with Gasteiger partial charge in [0.15, 0.2) is 0 Å². The Kier molecular flexibility index (Phi) is 4.25. The molecule has 0 amide bonds. The van der Waals surface area contributed by atoms with Crippen LogP contribution in [0.3, 0.4) is 0 Å². The third-order valence-electron chi connectivity index (χ3n) is 4.39. The zero-order valence-corrected chi connectivity index (χ0v) is 13.8. The second-order valence-corrected chi connectivity index (χ2v) is 8.25. The maximum Gasteiger partial charge on any atom is 0.272 e. The molecule has 1 N–H and O–H groups in total. The Hall–Kier alpha value is -2.09. The number of hydrogen-bond donors (Lipinski definition) is 1. The number of halogens is 2. The van der Waals surface area contributed by atoms with Gasteiger partial charge in [-0.15, -0.1) is 0 Å². The number of aromatic nitrogens is 2. The zero-order valence-electron chi connectivity index (χ0n) is 13.0. The van der Waals surface area contributed by atoms with Crippen LogP contribution in [0.2, 0.25) is 0 Å². The molecule has 0 atom stereocenters. The van der Waals surface area contributed by atoms with Gasteiger partial charge in [0.2, 0.25) is 0 Å². The fraction of sp³-hybridized carbons (Fsp3) is 0.375. The monoisotopic (exact) mass is 354 g/mol. The SMILES string of the molecule is Cc1n[nH]c(=O)c(-c2c(F)cccc2F)c1C1CCS(=O)(=O)CC1. The van der Waals surface area contributed by atoms with Gasteiger partial charge in [-0.25, -0.2) is 22.3 Å². The summed E-state index contributed by atoms with van der Waals surface area (Å²) < 4.78 is 51.7. The van der Waals surface area contributed by atoms with Crippen molar-refractivity contribution in [1.29, 1.82) is 0 Å². The molecule has 0 spiro atoms. The number of aryl methyl sites for hydroxylation is 1. The van der Waals surface area contributed by atoms with Crippen LogP contribution in [-0.4, -0.2) is 30.1 Å². The highest BCUT2D eigenvalue weighted by Gasteiger charge is 2.30. The minimum atomic E-state index is -3.09. The number of nitrogens with one attached hydrogen (secondary N) is 1. The Morgan fingerprint density at radius 3 is 2.29 bits per heavy atom. The van der Waals surface area contributed by atoms with Crippen molar-refractivity contribution < 1.29 is 17.2 Å². The number of aromatic amines is 1. The van der Waals surface area contributed by atoms with E-state index in [1.165, 1.54) is 6.07 Å². The molecule has 3 rings (SSSR count). The van der Waals surface area contributed by atoms with Crippen LogP contribution >= 0.6 is 0 Å². The van der Waals surface area contributed by atoms with Crippen molar-refractivity contribution in [3.05, 3.63) is 51.4 Å². The molecular weight excluding hydrogens is 338 g/mol. The van der Waals surface area contributed by atoms with Crippen LogP contribution in [0.15, 0.2) is 23.0 Å². The third-order valence-corrected chi connectivity index (χ3v) is 6.10. The maximum absolute atomic E-state index is 14.2. The van der Waals surface area contributed by atoms with Gasteiger partial charge in [-0.05, 0) is 43.4 Å². The molecule has 0 aliphatic carbocycles. The first kappa shape index (κ1) is 16.8. The van der Waals surface area contributed by atoms with E-state index in [0.29, 0.717) is 24.1 Å². The number of nitrogens with zero attached hydrogens (tertiary/aromatic N) is 1. The van der Waals surface area contributed by atoms with Gasteiger partial charge >= 0.3 is 0 Å². The summed E-state index contributed by atoms with van der Waals surface area (Å²) in [7, 11) is -3.09. The zero-order chi connectivity index (χ0) is 17.5. The lowest BCUT2D eigenvalue weighted by Crippen LogP contribution is -2.26. The van der Waals surface area contributed by atoms with Crippen LogP contribution in [0.4, 0.5) is 8.78 Å². The van der Waals surface area contributed by atoms with Crippen molar-refractivity contribution >= 4 is 9.84 Å². The molecule has 8 heteroatoms. The second kappa shape index (κ2) is 6.08. The number of benzene rings is 1. The molecule has 5 nitrogen and oxygen atoms in total. The van der Waals surface area contributed by atoms with Crippen LogP contribution in [-0.2, 0) is 9.84 Å². The Bertz CT molecular complexity index is 920.